The van der Waals surface area contributed by atoms with Crippen molar-refractivity contribution in [2.24, 2.45) is 5.92 Å². The Kier molecular flexibility index (Phi) is 6.38. The summed E-state index contributed by atoms with van der Waals surface area (Å²) in [6, 6.07) is 0. The summed E-state index contributed by atoms with van der Waals surface area (Å²) >= 11 is 3.02. The zero-order chi connectivity index (χ0) is 12.1. The highest BCUT2D eigenvalue weighted by molar-refractivity contribution is 9.10. The zero-order valence-electron chi connectivity index (χ0n) is 8.99. The Morgan fingerprint density at radius 1 is 1.47 bits per heavy atom. The molecule has 1 unspecified atom stereocenters. The van der Waals surface area contributed by atoms with E-state index in [4.69, 9.17) is 0 Å². The van der Waals surface area contributed by atoms with Crippen molar-refractivity contribution in [3.05, 3.63) is 0 Å². The number of carbonyl (C=O) groups is 1. The molecule has 7 heteroatoms. The second-order valence-electron chi connectivity index (χ2n) is 3.51. The highest BCUT2D eigenvalue weighted by Gasteiger charge is 2.19. The van der Waals surface area contributed by atoms with Gasteiger partial charge in [0.05, 0.1) is 12.9 Å². The molecule has 0 saturated heterocycles. The van der Waals surface area contributed by atoms with Gasteiger partial charge in [-0.25, -0.2) is 13.1 Å². The largest absolute Gasteiger partial charge is 0.468 e. The van der Waals surface area contributed by atoms with Crippen molar-refractivity contribution in [2.45, 2.75) is 18.7 Å². The van der Waals surface area contributed by atoms with Crippen molar-refractivity contribution in [3.8, 4) is 0 Å². The van der Waals surface area contributed by atoms with Gasteiger partial charge in [-0.05, 0) is 5.92 Å². The minimum Gasteiger partial charge on any atom is -0.468 e. The van der Waals surface area contributed by atoms with Crippen molar-refractivity contribution in [3.63, 3.8) is 0 Å². The van der Waals surface area contributed by atoms with Gasteiger partial charge in [0.1, 0.15) is 4.83 Å². The van der Waals surface area contributed by atoms with Gasteiger partial charge >= 0.3 is 5.97 Å². The van der Waals surface area contributed by atoms with Crippen molar-refractivity contribution >= 4 is 31.9 Å². The summed E-state index contributed by atoms with van der Waals surface area (Å²) in [5.74, 6) is -0.398. The third-order valence-corrected chi connectivity index (χ3v) is 3.90. The molecule has 0 aromatic heterocycles. The van der Waals surface area contributed by atoms with Crippen LogP contribution in [-0.4, -0.2) is 38.6 Å². The third kappa shape index (κ3) is 6.86. The maximum absolute atomic E-state index is 11.4. The first-order chi connectivity index (χ1) is 6.78. The minimum atomic E-state index is -3.31. The molecule has 0 bridgehead atoms. The van der Waals surface area contributed by atoms with Crippen LogP contribution in [0.3, 0.4) is 0 Å². The molecule has 0 aromatic carbocycles. The van der Waals surface area contributed by atoms with Gasteiger partial charge in [-0.2, -0.15) is 0 Å². The van der Waals surface area contributed by atoms with E-state index in [1.165, 1.54) is 7.11 Å². The fourth-order valence-corrected chi connectivity index (χ4v) is 2.89. The summed E-state index contributed by atoms with van der Waals surface area (Å²) < 4.78 is 29.5. The lowest BCUT2D eigenvalue weighted by Gasteiger charge is -2.11. The van der Waals surface area contributed by atoms with Crippen LogP contribution in [0.15, 0.2) is 0 Å². The highest BCUT2D eigenvalue weighted by Crippen LogP contribution is 2.02. The number of hydrogen-bond donors (Lipinski definition) is 1. The Morgan fingerprint density at radius 2 is 2.00 bits per heavy atom. The topological polar surface area (TPSA) is 72.5 Å². The number of halogens is 1. The molecule has 5 nitrogen and oxygen atoms in total. The predicted molar refractivity (Wildman–Crippen MR) is 61.4 cm³/mol. The summed E-state index contributed by atoms with van der Waals surface area (Å²) in [7, 11) is -2.06. The van der Waals surface area contributed by atoms with Crippen LogP contribution in [0, 0.1) is 5.92 Å². The molecule has 15 heavy (non-hydrogen) atoms. The predicted octanol–water partition coefficient (Wildman–Crippen LogP) is 0.498. The molecule has 0 aliphatic carbocycles. The molecule has 0 radical (unpaired) electrons. The number of carbonyl (C=O) groups excluding carboxylic acids is 1. The molecule has 0 amide bonds. The molecule has 0 spiro atoms. The Labute approximate surface area is 98.7 Å². The van der Waals surface area contributed by atoms with E-state index < -0.39 is 20.8 Å². The summed E-state index contributed by atoms with van der Waals surface area (Å²) in [5.41, 5.74) is 0. The second-order valence-corrected chi connectivity index (χ2v) is 6.47. The van der Waals surface area contributed by atoms with Crippen molar-refractivity contribution in [1.82, 2.24) is 4.72 Å². The van der Waals surface area contributed by atoms with Gasteiger partial charge in [0.2, 0.25) is 10.0 Å². The van der Waals surface area contributed by atoms with Crippen LogP contribution < -0.4 is 4.72 Å². The standard InChI is InChI=1S/C8H16BrNO4S/c1-6(2)5-15(12,13)10-4-7(9)8(11)14-3/h6-7,10H,4-5H2,1-3H3. The first-order valence-corrected chi connectivity index (χ1v) is 7.04. The van der Waals surface area contributed by atoms with Crippen molar-refractivity contribution in [1.29, 1.82) is 0 Å². The van der Waals surface area contributed by atoms with Gasteiger partial charge < -0.3 is 4.74 Å². The molecule has 90 valence electrons. The van der Waals surface area contributed by atoms with Gasteiger partial charge in [0.15, 0.2) is 0 Å². The van der Waals surface area contributed by atoms with E-state index >= 15 is 0 Å². The molecular weight excluding hydrogens is 286 g/mol. The van der Waals surface area contributed by atoms with Crippen molar-refractivity contribution in [2.75, 3.05) is 19.4 Å². The lowest BCUT2D eigenvalue weighted by Crippen LogP contribution is -2.36. The van der Waals surface area contributed by atoms with E-state index in [1.807, 2.05) is 13.8 Å². The Hall–Kier alpha value is -0.140. The smallest absolute Gasteiger partial charge is 0.320 e. The summed E-state index contributed by atoms with van der Waals surface area (Å²) in [6.07, 6.45) is 0. The van der Waals surface area contributed by atoms with Gasteiger partial charge in [0, 0.05) is 6.54 Å². The molecule has 0 fully saturated rings. The maximum Gasteiger partial charge on any atom is 0.320 e. The van der Waals surface area contributed by atoms with Crippen LogP contribution in [0.25, 0.3) is 0 Å². The Bertz CT molecular complexity index is 302. The number of ether oxygens (including phenoxy) is 1. The molecule has 0 aliphatic rings. The van der Waals surface area contributed by atoms with E-state index in [9.17, 15) is 13.2 Å². The molecule has 0 aromatic rings. The lowest BCUT2D eigenvalue weighted by atomic mass is 10.3. The van der Waals surface area contributed by atoms with E-state index in [-0.39, 0.29) is 18.2 Å². The van der Waals surface area contributed by atoms with Crippen LogP contribution >= 0.6 is 15.9 Å². The molecule has 0 saturated carbocycles. The third-order valence-electron chi connectivity index (χ3n) is 1.49. The van der Waals surface area contributed by atoms with E-state index in [2.05, 4.69) is 25.4 Å². The fraction of sp³-hybridized carbons (Fsp3) is 0.875. The van der Waals surface area contributed by atoms with Crippen LogP contribution in [0.5, 0.6) is 0 Å². The van der Waals surface area contributed by atoms with E-state index in [1.54, 1.807) is 0 Å². The zero-order valence-corrected chi connectivity index (χ0v) is 11.4. The molecule has 0 rings (SSSR count). The van der Waals surface area contributed by atoms with Crippen LogP contribution in [0.2, 0.25) is 0 Å². The first-order valence-electron chi connectivity index (χ1n) is 4.47. The quantitative estimate of drug-likeness (QED) is 0.573. The number of methoxy groups -OCH3 is 1. The number of hydrogen-bond acceptors (Lipinski definition) is 4. The summed E-state index contributed by atoms with van der Waals surface area (Å²) in [5, 5.41) is 0. The monoisotopic (exact) mass is 301 g/mol. The SMILES string of the molecule is COC(=O)C(Br)CNS(=O)(=O)CC(C)C. The Balaban J connectivity index is 4.10. The van der Waals surface area contributed by atoms with Gasteiger partial charge in [-0.3, -0.25) is 4.79 Å². The number of alkyl halides is 1. The van der Waals surface area contributed by atoms with E-state index in [0.29, 0.717) is 0 Å². The van der Waals surface area contributed by atoms with Gasteiger partial charge in [-0.1, -0.05) is 29.8 Å². The molecule has 1 N–H and O–H groups in total. The summed E-state index contributed by atoms with van der Waals surface area (Å²) in [4.78, 5) is 10.3. The molecular formula is C8H16BrNO4S. The lowest BCUT2D eigenvalue weighted by molar-refractivity contribution is -0.139. The first kappa shape index (κ1) is 14.9. The van der Waals surface area contributed by atoms with Gasteiger partial charge in [0.25, 0.3) is 0 Å². The van der Waals surface area contributed by atoms with Crippen molar-refractivity contribution < 1.29 is 17.9 Å². The number of esters is 1. The average molecular weight is 302 g/mol. The number of rotatable bonds is 6. The maximum atomic E-state index is 11.4. The van der Waals surface area contributed by atoms with Gasteiger partial charge in [-0.15, -0.1) is 0 Å². The number of sulfonamides is 1. The molecule has 1 atom stereocenters. The van der Waals surface area contributed by atoms with Crippen LogP contribution in [0.1, 0.15) is 13.8 Å². The second kappa shape index (κ2) is 6.44. The number of nitrogens with one attached hydrogen (secondary N) is 1. The Morgan fingerprint density at radius 3 is 2.40 bits per heavy atom. The summed E-state index contributed by atoms with van der Waals surface area (Å²) in [6.45, 7) is 3.62. The van der Waals surface area contributed by atoms with Crippen LogP contribution in [-0.2, 0) is 19.6 Å². The average Bonchev–Trinajstić information content (AvgIpc) is 2.11. The molecule has 0 aliphatic heterocycles. The fourth-order valence-electron chi connectivity index (χ4n) is 0.909. The van der Waals surface area contributed by atoms with E-state index in [0.717, 1.165) is 0 Å². The minimum absolute atomic E-state index is 0.00171. The molecule has 0 heterocycles. The van der Waals surface area contributed by atoms with Crippen LogP contribution in [0.4, 0.5) is 0 Å². The highest BCUT2D eigenvalue weighted by atomic mass is 79.9. The normalized spacial score (nSPS) is 13.9.